The third-order valence-electron chi connectivity index (χ3n) is 4.50. The lowest BCUT2D eigenvalue weighted by atomic mass is 10.1. The molecular weight excluding hydrogens is 369 g/mol. The Balaban J connectivity index is 1.65. The van der Waals surface area contributed by atoms with Crippen LogP contribution in [0.5, 0.6) is 0 Å². The summed E-state index contributed by atoms with van der Waals surface area (Å²) in [5.41, 5.74) is 3.50. The van der Waals surface area contributed by atoms with Crippen molar-refractivity contribution < 1.29 is 0 Å². The fourth-order valence-corrected chi connectivity index (χ4v) is 3.61. The zero-order valence-corrected chi connectivity index (χ0v) is 15.7. The molecule has 0 saturated carbocycles. The number of hydrogen-bond acceptors (Lipinski definition) is 4. The van der Waals surface area contributed by atoms with Crippen LogP contribution >= 0.6 is 23.2 Å². The summed E-state index contributed by atoms with van der Waals surface area (Å²) in [6.45, 7) is 8.02. The number of fused-ring (bicyclic) bond motifs is 1. The zero-order valence-electron chi connectivity index (χ0n) is 14.2. The van der Waals surface area contributed by atoms with Gasteiger partial charge in [0, 0.05) is 36.5 Å². The lowest BCUT2D eigenvalue weighted by Crippen LogP contribution is -2.39. The van der Waals surface area contributed by atoms with Gasteiger partial charge in [-0.25, -0.2) is 15.0 Å². The van der Waals surface area contributed by atoms with Gasteiger partial charge in [-0.1, -0.05) is 30.3 Å². The summed E-state index contributed by atoms with van der Waals surface area (Å²) < 4.78 is 2.12. The molecule has 0 bridgehead atoms. The van der Waals surface area contributed by atoms with E-state index in [0.29, 0.717) is 5.69 Å². The van der Waals surface area contributed by atoms with Crippen molar-refractivity contribution in [2.24, 2.45) is 0 Å². The normalized spacial score (nSPS) is 16.7. The molecule has 0 N–H and O–H groups in total. The highest BCUT2D eigenvalue weighted by Gasteiger charge is 2.28. The summed E-state index contributed by atoms with van der Waals surface area (Å²) in [5, 5.41) is 0.949. The van der Waals surface area contributed by atoms with E-state index in [4.69, 9.17) is 28.2 Å². The first-order valence-electron chi connectivity index (χ1n) is 8.28. The number of aromatic nitrogens is 4. The van der Waals surface area contributed by atoms with E-state index in [-0.39, 0.29) is 11.3 Å². The summed E-state index contributed by atoms with van der Waals surface area (Å²) >= 11 is 12.0. The summed E-state index contributed by atoms with van der Waals surface area (Å²) in [7, 11) is 0. The molecule has 1 aliphatic rings. The van der Waals surface area contributed by atoms with Crippen molar-refractivity contribution in [3.63, 3.8) is 0 Å². The minimum atomic E-state index is 0.211. The summed E-state index contributed by atoms with van der Waals surface area (Å²) in [4.78, 5) is 15.2. The van der Waals surface area contributed by atoms with Crippen LogP contribution in [0, 0.1) is 0 Å². The summed E-state index contributed by atoms with van der Waals surface area (Å²) in [6.07, 6.45) is 3.62. The zero-order chi connectivity index (χ0) is 18.3. The van der Waals surface area contributed by atoms with E-state index in [2.05, 4.69) is 39.0 Å². The van der Waals surface area contributed by atoms with Crippen LogP contribution in [0.1, 0.15) is 18.3 Å². The predicted molar refractivity (Wildman–Crippen MR) is 104 cm³/mol. The quantitative estimate of drug-likeness (QED) is 0.621. The van der Waals surface area contributed by atoms with Crippen LogP contribution in [0.4, 0.5) is 0 Å². The Morgan fingerprint density at radius 2 is 2.04 bits per heavy atom. The molecule has 7 heteroatoms. The first-order valence-corrected chi connectivity index (χ1v) is 9.03. The van der Waals surface area contributed by atoms with Crippen LogP contribution in [-0.4, -0.2) is 30.5 Å². The van der Waals surface area contributed by atoms with Gasteiger partial charge in [0.25, 0.3) is 0 Å². The number of benzene rings is 1. The molecule has 4 rings (SSSR count). The van der Waals surface area contributed by atoms with Gasteiger partial charge in [-0.05, 0) is 42.3 Å². The number of halogens is 2. The van der Waals surface area contributed by atoms with Crippen LogP contribution < -0.4 is 0 Å². The van der Waals surface area contributed by atoms with E-state index in [1.54, 1.807) is 12.3 Å². The average molecular weight is 386 g/mol. The second-order valence-corrected chi connectivity index (χ2v) is 7.14. The molecule has 2 aromatic heterocycles. The van der Waals surface area contributed by atoms with Crippen LogP contribution in [0.25, 0.3) is 17.1 Å². The van der Waals surface area contributed by atoms with Crippen molar-refractivity contribution in [3.05, 3.63) is 71.0 Å². The van der Waals surface area contributed by atoms with Gasteiger partial charge in [-0.2, -0.15) is 0 Å². The molecule has 0 radical (unpaired) electrons. The highest BCUT2D eigenvalue weighted by molar-refractivity contribution is 6.30. The first-order chi connectivity index (χ1) is 12.5. The largest absolute Gasteiger partial charge is 0.360 e. The second kappa shape index (κ2) is 6.74. The maximum absolute atomic E-state index is 6.12. The van der Waals surface area contributed by atoms with Crippen LogP contribution in [0.15, 0.2) is 49.3 Å². The van der Waals surface area contributed by atoms with Crippen molar-refractivity contribution in [2.45, 2.75) is 26.1 Å². The Morgan fingerprint density at radius 1 is 1.19 bits per heavy atom. The van der Waals surface area contributed by atoms with Gasteiger partial charge in [0.1, 0.15) is 5.69 Å². The van der Waals surface area contributed by atoms with Gasteiger partial charge in [-0.3, -0.25) is 0 Å². The van der Waals surface area contributed by atoms with Gasteiger partial charge in [0.05, 0.1) is 11.4 Å². The Kier molecular flexibility index (Phi) is 4.42. The molecule has 0 unspecified atom stereocenters. The van der Waals surface area contributed by atoms with Gasteiger partial charge in [0.15, 0.2) is 5.82 Å². The maximum atomic E-state index is 6.12. The topological polar surface area (TPSA) is 46.8 Å². The number of rotatable bonds is 3. The Labute approximate surface area is 161 Å². The third kappa shape index (κ3) is 3.20. The molecule has 1 aliphatic heterocycles. The molecule has 0 fully saturated rings. The SMILES string of the molecule is C=C1c2nc(-c3ccnc(Cl)n3)cn2C[C@H](C)N1Cc1cccc(Cl)c1. The smallest absolute Gasteiger partial charge is 0.222 e. The van der Waals surface area contributed by atoms with Crippen LogP contribution in [0.3, 0.4) is 0 Å². The van der Waals surface area contributed by atoms with Crippen LogP contribution in [0.2, 0.25) is 10.3 Å². The molecule has 0 aliphatic carbocycles. The molecular formula is C19H17Cl2N5. The minimum Gasteiger partial charge on any atom is -0.360 e. The number of nitrogens with zero attached hydrogens (tertiary/aromatic N) is 5. The molecule has 132 valence electrons. The fraction of sp³-hybridized carbons (Fsp3) is 0.211. The van der Waals surface area contributed by atoms with Crippen molar-refractivity contribution in [1.82, 2.24) is 24.4 Å². The maximum Gasteiger partial charge on any atom is 0.222 e. The minimum absolute atomic E-state index is 0.211. The van der Waals surface area contributed by atoms with E-state index in [1.807, 2.05) is 24.4 Å². The second-order valence-electron chi connectivity index (χ2n) is 6.37. The van der Waals surface area contributed by atoms with Gasteiger partial charge < -0.3 is 9.47 Å². The van der Waals surface area contributed by atoms with E-state index in [1.165, 1.54) is 0 Å². The van der Waals surface area contributed by atoms with E-state index < -0.39 is 0 Å². The molecule has 0 spiro atoms. The molecule has 3 aromatic rings. The Hall–Kier alpha value is -2.37. The van der Waals surface area contributed by atoms with Gasteiger partial charge >= 0.3 is 0 Å². The number of hydrogen-bond donors (Lipinski definition) is 0. The Morgan fingerprint density at radius 3 is 2.81 bits per heavy atom. The lowest BCUT2D eigenvalue weighted by molar-refractivity contribution is 0.253. The molecule has 26 heavy (non-hydrogen) atoms. The molecule has 5 nitrogen and oxygen atoms in total. The first kappa shape index (κ1) is 17.1. The molecule has 0 saturated heterocycles. The van der Waals surface area contributed by atoms with Crippen molar-refractivity contribution >= 4 is 28.9 Å². The van der Waals surface area contributed by atoms with E-state index >= 15 is 0 Å². The van der Waals surface area contributed by atoms with Crippen molar-refractivity contribution in [1.29, 1.82) is 0 Å². The highest BCUT2D eigenvalue weighted by Crippen LogP contribution is 2.30. The van der Waals surface area contributed by atoms with E-state index in [9.17, 15) is 0 Å². The molecule has 1 atom stereocenters. The number of imidazole rings is 1. The molecule has 3 heterocycles. The highest BCUT2D eigenvalue weighted by atomic mass is 35.5. The molecule has 1 aromatic carbocycles. The van der Waals surface area contributed by atoms with E-state index in [0.717, 1.165) is 40.9 Å². The lowest BCUT2D eigenvalue weighted by Gasteiger charge is -2.37. The van der Waals surface area contributed by atoms with Crippen LogP contribution in [-0.2, 0) is 13.1 Å². The third-order valence-corrected chi connectivity index (χ3v) is 4.92. The summed E-state index contributed by atoms with van der Waals surface area (Å²) in [6, 6.07) is 9.98. The van der Waals surface area contributed by atoms with Gasteiger partial charge in [0.2, 0.25) is 5.28 Å². The fourth-order valence-electron chi connectivity index (χ4n) is 3.25. The van der Waals surface area contributed by atoms with Crippen molar-refractivity contribution in [2.75, 3.05) is 0 Å². The van der Waals surface area contributed by atoms with Gasteiger partial charge in [-0.15, -0.1) is 0 Å². The van der Waals surface area contributed by atoms with Crippen molar-refractivity contribution in [3.8, 4) is 11.4 Å². The molecule has 0 amide bonds. The average Bonchev–Trinajstić information content (AvgIpc) is 3.03. The standard InChI is InChI=1S/C19H17Cl2N5/c1-12-9-25-11-17(16-6-7-22-19(21)24-16)23-18(25)13(2)26(12)10-14-4-3-5-15(20)8-14/h3-8,11-12H,2,9-10H2,1H3/t12-/m0/s1. The predicted octanol–water partition coefficient (Wildman–Crippen LogP) is 4.52. The monoisotopic (exact) mass is 385 g/mol. The Bertz CT molecular complexity index is 982. The summed E-state index contributed by atoms with van der Waals surface area (Å²) in [5.74, 6) is 0.842.